The predicted octanol–water partition coefficient (Wildman–Crippen LogP) is 3.85. The molecule has 146 valence electrons. The summed E-state index contributed by atoms with van der Waals surface area (Å²) in [5.74, 6) is -0.385. The largest absolute Gasteiger partial charge is 0.348 e. The fourth-order valence-corrected chi connectivity index (χ4v) is 3.70. The maximum atomic E-state index is 12.5. The van der Waals surface area contributed by atoms with E-state index >= 15 is 0 Å². The van der Waals surface area contributed by atoms with Crippen molar-refractivity contribution in [1.82, 2.24) is 5.32 Å². The Bertz CT molecular complexity index is 911. The number of carbonyl (C=O) groups is 1. The van der Waals surface area contributed by atoms with Crippen LogP contribution < -0.4 is 9.62 Å². The number of sulfonamides is 1. The van der Waals surface area contributed by atoms with Crippen LogP contribution in [0.3, 0.4) is 0 Å². The van der Waals surface area contributed by atoms with E-state index < -0.39 is 10.0 Å². The Hall–Kier alpha value is -2.05. The summed E-state index contributed by atoms with van der Waals surface area (Å²) in [6.45, 7) is 5.47. The van der Waals surface area contributed by atoms with Crippen molar-refractivity contribution in [2.75, 3.05) is 17.1 Å². The molecule has 5 nitrogen and oxygen atoms in total. The Morgan fingerprint density at radius 1 is 1.19 bits per heavy atom. The lowest BCUT2D eigenvalue weighted by molar-refractivity contribution is -0.120. The minimum absolute atomic E-state index is 0.230. The summed E-state index contributed by atoms with van der Waals surface area (Å²) in [5, 5.41) is 3.30. The smallest absolute Gasteiger partial charge is 0.241 e. The summed E-state index contributed by atoms with van der Waals surface area (Å²) in [4.78, 5) is 12.5. The van der Waals surface area contributed by atoms with Crippen LogP contribution in [0, 0.1) is 6.92 Å². The quantitative estimate of drug-likeness (QED) is 0.756. The highest BCUT2D eigenvalue weighted by atomic mass is 35.5. The Morgan fingerprint density at radius 2 is 1.81 bits per heavy atom. The van der Waals surface area contributed by atoms with Crippen LogP contribution in [0.15, 0.2) is 42.5 Å². The van der Waals surface area contributed by atoms with Gasteiger partial charge in [-0.2, -0.15) is 0 Å². The summed E-state index contributed by atoms with van der Waals surface area (Å²) < 4.78 is 25.4. The topological polar surface area (TPSA) is 66.5 Å². The fraction of sp³-hybridized carbons (Fsp3) is 0.350. The zero-order valence-corrected chi connectivity index (χ0v) is 17.6. The number of carbonyl (C=O) groups excluding carboxylic acids is 1. The van der Waals surface area contributed by atoms with Crippen LogP contribution >= 0.6 is 11.6 Å². The first kappa shape index (κ1) is 21.3. The second-order valence-electron chi connectivity index (χ2n) is 6.59. The fourth-order valence-electron chi connectivity index (χ4n) is 2.68. The molecule has 0 bridgehead atoms. The standard InChI is InChI=1S/C20H25ClN2O3S/c1-5-16-7-9-17(10-8-16)15(3)22-20(24)13-23(27(4,25)26)18-11-6-14(2)19(21)12-18/h6-12,15H,5,13H2,1-4H3,(H,22,24). The molecule has 0 aliphatic carbocycles. The zero-order valence-electron chi connectivity index (χ0n) is 16.0. The van der Waals surface area contributed by atoms with E-state index in [1.54, 1.807) is 18.2 Å². The number of nitrogens with zero attached hydrogens (tertiary/aromatic N) is 1. The Morgan fingerprint density at radius 3 is 2.33 bits per heavy atom. The van der Waals surface area contributed by atoms with Gasteiger partial charge in [0.05, 0.1) is 18.0 Å². The molecule has 0 aromatic heterocycles. The second-order valence-corrected chi connectivity index (χ2v) is 8.90. The first-order valence-electron chi connectivity index (χ1n) is 8.74. The van der Waals surface area contributed by atoms with Gasteiger partial charge in [0.15, 0.2) is 0 Å². The van der Waals surface area contributed by atoms with E-state index in [9.17, 15) is 13.2 Å². The monoisotopic (exact) mass is 408 g/mol. The van der Waals surface area contributed by atoms with E-state index in [4.69, 9.17) is 11.6 Å². The molecule has 1 unspecified atom stereocenters. The number of anilines is 1. The molecule has 0 aliphatic rings. The molecule has 0 aliphatic heterocycles. The highest BCUT2D eigenvalue weighted by Gasteiger charge is 2.22. The third kappa shape index (κ3) is 5.71. The van der Waals surface area contributed by atoms with E-state index in [2.05, 4.69) is 12.2 Å². The van der Waals surface area contributed by atoms with Crippen molar-refractivity contribution >= 4 is 33.2 Å². The molecule has 0 fully saturated rings. The third-order valence-electron chi connectivity index (χ3n) is 4.40. The van der Waals surface area contributed by atoms with Gasteiger partial charge in [0, 0.05) is 5.02 Å². The number of amides is 1. The maximum absolute atomic E-state index is 12.5. The molecule has 7 heteroatoms. The minimum atomic E-state index is -3.64. The van der Waals surface area contributed by atoms with Crippen molar-refractivity contribution in [2.24, 2.45) is 0 Å². The number of halogens is 1. The van der Waals surface area contributed by atoms with Gasteiger partial charge in [-0.1, -0.05) is 48.9 Å². The van der Waals surface area contributed by atoms with Gasteiger partial charge in [-0.25, -0.2) is 8.42 Å². The van der Waals surface area contributed by atoms with Gasteiger partial charge in [0.25, 0.3) is 0 Å². The summed E-state index contributed by atoms with van der Waals surface area (Å²) in [6, 6.07) is 12.7. The lowest BCUT2D eigenvalue weighted by Crippen LogP contribution is -2.41. The van der Waals surface area contributed by atoms with Crippen LogP contribution in [-0.2, 0) is 21.2 Å². The van der Waals surface area contributed by atoms with Gasteiger partial charge in [0.2, 0.25) is 15.9 Å². The molecule has 0 saturated carbocycles. The number of hydrogen-bond donors (Lipinski definition) is 1. The van der Waals surface area contributed by atoms with E-state index in [-0.39, 0.29) is 18.5 Å². The van der Waals surface area contributed by atoms with E-state index in [1.165, 1.54) is 5.56 Å². The van der Waals surface area contributed by atoms with Gasteiger partial charge in [-0.05, 0) is 49.1 Å². The van der Waals surface area contributed by atoms with Crippen LogP contribution in [0.4, 0.5) is 5.69 Å². The van der Waals surface area contributed by atoms with Gasteiger partial charge in [-0.3, -0.25) is 9.10 Å². The lowest BCUT2D eigenvalue weighted by Gasteiger charge is -2.23. The lowest BCUT2D eigenvalue weighted by atomic mass is 10.1. The molecular weight excluding hydrogens is 384 g/mol. The molecule has 1 N–H and O–H groups in total. The highest BCUT2D eigenvalue weighted by Crippen LogP contribution is 2.25. The normalized spacial score (nSPS) is 12.5. The number of hydrogen-bond acceptors (Lipinski definition) is 3. The zero-order chi connectivity index (χ0) is 20.2. The van der Waals surface area contributed by atoms with E-state index in [1.807, 2.05) is 38.1 Å². The molecule has 1 atom stereocenters. The summed E-state index contributed by atoms with van der Waals surface area (Å²) in [7, 11) is -3.64. The molecule has 0 radical (unpaired) electrons. The molecule has 0 heterocycles. The van der Waals surface area contributed by atoms with Crippen LogP contribution in [0.1, 0.15) is 36.6 Å². The third-order valence-corrected chi connectivity index (χ3v) is 5.94. The first-order chi connectivity index (χ1) is 12.6. The average molecular weight is 409 g/mol. The van der Waals surface area contributed by atoms with Crippen molar-refractivity contribution in [3.63, 3.8) is 0 Å². The summed E-state index contributed by atoms with van der Waals surface area (Å²) in [6.07, 6.45) is 2.02. The van der Waals surface area contributed by atoms with Crippen molar-refractivity contribution in [3.05, 3.63) is 64.2 Å². The van der Waals surface area contributed by atoms with Crippen molar-refractivity contribution in [2.45, 2.75) is 33.2 Å². The molecule has 1 amide bonds. The first-order valence-corrected chi connectivity index (χ1v) is 11.0. The van der Waals surface area contributed by atoms with E-state index in [0.29, 0.717) is 10.7 Å². The van der Waals surface area contributed by atoms with Crippen molar-refractivity contribution in [3.8, 4) is 0 Å². The Labute approximate surface area is 166 Å². The number of rotatable bonds is 7. The van der Waals surface area contributed by atoms with Crippen molar-refractivity contribution < 1.29 is 13.2 Å². The van der Waals surface area contributed by atoms with E-state index in [0.717, 1.165) is 28.1 Å². The molecule has 2 aromatic rings. The van der Waals surface area contributed by atoms with Crippen LogP contribution in [-0.4, -0.2) is 27.1 Å². The molecule has 2 rings (SSSR count). The summed E-state index contributed by atoms with van der Waals surface area (Å²) >= 11 is 6.11. The molecular formula is C20H25ClN2O3S. The maximum Gasteiger partial charge on any atom is 0.241 e. The summed E-state index contributed by atoms with van der Waals surface area (Å²) in [5.41, 5.74) is 3.38. The predicted molar refractivity (Wildman–Crippen MR) is 111 cm³/mol. The molecule has 27 heavy (non-hydrogen) atoms. The van der Waals surface area contributed by atoms with Crippen LogP contribution in [0.5, 0.6) is 0 Å². The van der Waals surface area contributed by atoms with Crippen molar-refractivity contribution in [1.29, 1.82) is 0 Å². The van der Waals surface area contributed by atoms with Gasteiger partial charge in [-0.15, -0.1) is 0 Å². The molecule has 2 aromatic carbocycles. The Balaban J connectivity index is 2.14. The molecule has 0 spiro atoms. The van der Waals surface area contributed by atoms with Gasteiger partial charge < -0.3 is 5.32 Å². The van der Waals surface area contributed by atoms with Crippen LogP contribution in [0.2, 0.25) is 5.02 Å². The average Bonchev–Trinajstić information content (AvgIpc) is 2.61. The van der Waals surface area contributed by atoms with Crippen LogP contribution in [0.25, 0.3) is 0 Å². The van der Waals surface area contributed by atoms with Gasteiger partial charge >= 0.3 is 0 Å². The number of nitrogens with one attached hydrogen (secondary N) is 1. The van der Waals surface area contributed by atoms with Gasteiger partial charge in [0.1, 0.15) is 6.54 Å². The highest BCUT2D eigenvalue weighted by molar-refractivity contribution is 7.92. The number of aryl methyl sites for hydroxylation is 2. The minimum Gasteiger partial charge on any atom is -0.348 e. The second kappa shape index (κ2) is 8.76. The number of benzene rings is 2. The SMILES string of the molecule is CCc1ccc(C(C)NC(=O)CN(c2ccc(C)c(Cl)c2)S(C)(=O)=O)cc1. The Kier molecular flexibility index (Phi) is 6.89. The molecule has 0 saturated heterocycles.